The van der Waals surface area contributed by atoms with E-state index in [0.29, 0.717) is 17.6 Å². The van der Waals surface area contributed by atoms with E-state index in [2.05, 4.69) is 6.58 Å². The van der Waals surface area contributed by atoms with Gasteiger partial charge in [-0.1, -0.05) is 26.0 Å². The van der Waals surface area contributed by atoms with Crippen LogP contribution in [0, 0.1) is 0 Å². The number of carbonyl (C=O) groups excluding carboxylic acids is 1. The fraction of sp³-hybridized carbons (Fsp3) is 0.667. The number of carboxylic acid groups (broad SMARTS) is 1. The van der Waals surface area contributed by atoms with Crippen LogP contribution in [0.25, 0.3) is 0 Å². The molecule has 0 aromatic heterocycles. The Morgan fingerprint density at radius 2 is 2.08 bits per heavy atom. The molecule has 0 bridgehead atoms. The molecule has 2 unspecified atom stereocenters. The molecule has 0 amide bonds. The second-order valence-corrected chi connectivity index (χ2v) is 5.88. The molecule has 1 fully saturated rings. The lowest BCUT2D eigenvalue weighted by atomic mass is 10.1. The Hall–Kier alpha value is -1.66. The molecule has 24 heavy (non-hydrogen) atoms. The molecule has 1 rings (SSSR count). The topological polar surface area (TPSA) is 93.1 Å². The number of aliphatic carboxylic acids is 1. The summed E-state index contributed by atoms with van der Waals surface area (Å²) in [4.78, 5) is 21.2. The molecule has 0 aliphatic carbocycles. The first-order valence-electron chi connectivity index (χ1n) is 8.30. The monoisotopic (exact) mass is 342 g/mol. The summed E-state index contributed by atoms with van der Waals surface area (Å²) in [5.41, 5.74) is 0.768. The number of rotatable bonds is 8. The van der Waals surface area contributed by atoms with Gasteiger partial charge in [-0.15, -0.1) is 0 Å². The van der Waals surface area contributed by atoms with E-state index in [0.717, 1.165) is 32.3 Å². The number of esters is 1. The fourth-order valence-electron chi connectivity index (χ4n) is 1.94. The SMILES string of the molecule is C=C(C)C(=O)OCC(O)CCC.CC(=CCC1CCCO1)C(=O)O. The molecule has 0 spiro atoms. The van der Waals surface area contributed by atoms with Crippen molar-refractivity contribution in [3.05, 3.63) is 23.8 Å². The minimum atomic E-state index is -0.840. The molecular formula is C18H30O6. The normalized spacial score (nSPS) is 18.3. The highest BCUT2D eigenvalue weighted by Gasteiger charge is 2.14. The second kappa shape index (κ2) is 12.7. The molecular weight excluding hydrogens is 312 g/mol. The van der Waals surface area contributed by atoms with Gasteiger partial charge in [0.15, 0.2) is 0 Å². The average molecular weight is 342 g/mol. The molecule has 2 atom stereocenters. The molecule has 6 nitrogen and oxygen atoms in total. The van der Waals surface area contributed by atoms with E-state index >= 15 is 0 Å². The van der Waals surface area contributed by atoms with Crippen molar-refractivity contribution >= 4 is 11.9 Å². The standard InChI is InChI=1S/C9H14O3.C9H16O3/c1-7(9(10)11)4-5-8-3-2-6-12-8;1-4-5-8(10)6-12-9(11)7(2)3/h4,8H,2-3,5-6H2,1H3,(H,10,11);8,10H,2,4-6H2,1,3H3. The summed E-state index contributed by atoms with van der Waals surface area (Å²) in [6.45, 7) is 9.46. The summed E-state index contributed by atoms with van der Waals surface area (Å²) in [5, 5.41) is 17.7. The lowest BCUT2D eigenvalue weighted by Gasteiger charge is -2.09. The Morgan fingerprint density at radius 1 is 1.42 bits per heavy atom. The number of aliphatic hydroxyl groups is 1. The third-order valence-corrected chi connectivity index (χ3v) is 3.43. The van der Waals surface area contributed by atoms with Crippen LogP contribution in [0.5, 0.6) is 0 Å². The van der Waals surface area contributed by atoms with Crippen LogP contribution in [-0.2, 0) is 19.1 Å². The second-order valence-electron chi connectivity index (χ2n) is 5.88. The van der Waals surface area contributed by atoms with E-state index < -0.39 is 18.0 Å². The van der Waals surface area contributed by atoms with Crippen LogP contribution in [0.15, 0.2) is 23.8 Å². The highest BCUT2D eigenvalue weighted by molar-refractivity contribution is 5.87. The van der Waals surface area contributed by atoms with E-state index in [1.165, 1.54) is 0 Å². The summed E-state index contributed by atoms with van der Waals surface area (Å²) in [6, 6.07) is 0. The van der Waals surface area contributed by atoms with E-state index in [1.54, 1.807) is 19.9 Å². The van der Waals surface area contributed by atoms with Crippen molar-refractivity contribution in [2.75, 3.05) is 13.2 Å². The highest BCUT2D eigenvalue weighted by atomic mass is 16.5. The number of carboxylic acids is 1. The van der Waals surface area contributed by atoms with Gasteiger partial charge in [0.05, 0.1) is 12.2 Å². The molecule has 2 N–H and O–H groups in total. The summed E-state index contributed by atoms with van der Waals surface area (Å²) < 4.78 is 10.1. The zero-order valence-corrected chi connectivity index (χ0v) is 14.9. The lowest BCUT2D eigenvalue weighted by molar-refractivity contribution is -0.142. The zero-order valence-electron chi connectivity index (χ0n) is 14.9. The number of hydrogen-bond acceptors (Lipinski definition) is 5. The Labute approximate surface area is 144 Å². The van der Waals surface area contributed by atoms with Gasteiger partial charge < -0.3 is 19.7 Å². The third kappa shape index (κ3) is 11.0. The first-order chi connectivity index (χ1) is 11.3. The van der Waals surface area contributed by atoms with E-state index in [-0.39, 0.29) is 12.7 Å². The van der Waals surface area contributed by atoms with E-state index in [1.807, 2.05) is 6.92 Å². The summed E-state index contributed by atoms with van der Waals surface area (Å²) in [6.07, 6.45) is 5.87. The Kier molecular flexibility index (Phi) is 11.8. The van der Waals surface area contributed by atoms with Gasteiger partial charge in [0.25, 0.3) is 0 Å². The minimum Gasteiger partial charge on any atom is -0.478 e. The van der Waals surface area contributed by atoms with Crippen molar-refractivity contribution in [3.63, 3.8) is 0 Å². The van der Waals surface area contributed by atoms with Crippen molar-refractivity contribution in [2.24, 2.45) is 0 Å². The van der Waals surface area contributed by atoms with Gasteiger partial charge in [-0.2, -0.15) is 0 Å². The molecule has 1 aliphatic rings. The average Bonchev–Trinajstić information content (AvgIpc) is 3.04. The van der Waals surface area contributed by atoms with Crippen molar-refractivity contribution in [2.45, 2.75) is 65.1 Å². The molecule has 1 aliphatic heterocycles. The van der Waals surface area contributed by atoms with E-state index in [9.17, 15) is 14.7 Å². The summed E-state index contributed by atoms with van der Waals surface area (Å²) >= 11 is 0. The maximum absolute atomic E-state index is 10.8. The Bertz CT molecular complexity index is 435. The molecule has 1 heterocycles. The van der Waals surface area contributed by atoms with Crippen LogP contribution < -0.4 is 0 Å². The predicted molar refractivity (Wildman–Crippen MR) is 91.7 cm³/mol. The maximum atomic E-state index is 10.8. The number of aliphatic hydroxyl groups excluding tert-OH is 1. The molecule has 6 heteroatoms. The largest absolute Gasteiger partial charge is 0.478 e. The van der Waals surface area contributed by atoms with Gasteiger partial charge >= 0.3 is 11.9 Å². The fourth-order valence-corrected chi connectivity index (χ4v) is 1.94. The van der Waals surface area contributed by atoms with Crippen LogP contribution in [0.4, 0.5) is 0 Å². The minimum absolute atomic E-state index is 0.0690. The van der Waals surface area contributed by atoms with Gasteiger partial charge in [0.2, 0.25) is 0 Å². The van der Waals surface area contributed by atoms with Crippen molar-refractivity contribution in [3.8, 4) is 0 Å². The van der Waals surface area contributed by atoms with Crippen LogP contribution in [0.3, 0.4) is 0 Å². The molecule has 0 saturated carbocycles. The predicted octanol–water partition coefficient (Wildman–Crippen LogP) is 2.85. The van der Waals surface area contributed by atoms with Gasteiger partial charge in [0.1, 0.15) is 6.61 Å². The van der Waals surface area contributed by atoms with Gasteiger partial charge in [-0.3, -0.25) is 0 Å². The first-order valence-corrected chi connectivity index (χ1v) is 8.30. The lowest BCUT2D eigenvalue weighted by Crippen LogP contribution is -2.18. The Balaban J connectivity index is 0.000000441. The quantitative estimate of drug-likeness (QED) is 0.520. The smallest absolute Gasteiger partial charge is 0.333 e. The first kappa shape index (κ1) is 22.3. The van der Waals surface area contributed by atoms with Crippen LogP contribution >= 0.6 is 0 Å². The van der Waals surface area contributed by atoms with Gasteiger partial charge in [-0.25, -0.2) is 9.59 Å². The zero-order chi connectivity index (χ0) is 18.5. The summed E-state index contributed by atoms with van der Waals surface area (Å²) in [7, 11) is 0. The number of ether oxygens (including phenoxy) is 2. The number of hydrogen-bond donors (Lipinski definition) is 2. The molecule has 138 valence electrons. The van der Waals surface area contributed by atoms with E-state index in [4.69, 9.17) is 14.6 Å². The van der Waals surface area contributed by atoms with Crippen LogP contribution in [0.1, 0.15) is 52.9 Å². The maximum Gasteiger partial charge on any atom is 0.333 e. The van der Waals surface area contributed by atoms with Crippen LogP contribution in [-0.4, -0.2) is 47.6 Å². The Morgan fingerprint density at radius 3 is 2.54 bits per heavy atom. The number of carbonyl (C=O) groups is 2. The van der Waals surface area contributed by atoms with Crippen LogP contribution in [0.2, 0.25) is 0 Å². The summed E-state index contributed by atoms with van der Waals surface area (Å²) in [5.74, 6) is -1.28. The molecule has 0 radical (unpaired) electrons. The molecule has 0 aromatic rings. The van der Waals surface area contributed by atoms with Gasteiger partial charge in [-0.05, 0) is 39.5 Å². The molecule has 1 saturated heterocycles. The molecule has 0 aromatic carbocycles. The van der Waals surface area contributed by atoms with Crippen molar-refractivity contribution in [1.29, 1.82) is 0 Å². The van der Waals surface area contributed by atoms with Crippen molar-refractivity contribution in [1.82, 2.24) is 0 Å². The van der Waals surface area contributed by atoms with Gasteiger partial charge in [0, 0.05) is 17.8 Å². The highest BCUT2D eigenvalue weighted by Crippen LogP contribution is 2.16. The third-order valence-electron chi connectivity index (χ3n) is 3.43. The van der Waals surface area contributed by atoms with Crippen molar-refractivity contribution < 1.29 is 29.3 Å².